The van der Waals surface area contributed by atoms with Crippen LogP contribution in [0.5, 0.6) is 0 Å². The molecule has 23 heavy (non-hydrogen) atoms. The third kappa shape index (κ3) is 4.16. The molecule has 2 N–H and O–H groups in total. The van der Waals surface area contributed by atoms with Crippen molar-refractivity contribution in [3.8, 4) is 0 Å². The van der Waals surface area contributed by atoms with Crippen LogP contribution in [0.1, 0.15) is 24.2 Å². The summed E-state index contributed by atoms with van der Waals surface area (Å²) < 4.78 is 0. The van der Waals surface area contributed by atoms with Crippen molar-refractivity contribution < 1.29 is 9.59 Å². The van der Waals surface area contributed by atoms with E-state index in [-0.39, 0.29) is 23.8 Å². The van der Waals surface area contributed by atoms with Gasteiger partial charge in [0.2, 0.25) is 5.91 Å². The van der Waals surface area contributed by atoms with Crippen LogP contribution in [0, 0.1) is 5.92 Å². The summed E-state index contributed by atoms with van der Waals surface area (Å²) in [5.74, 6) is -0.321. The molecule has 0 aliphatic carbocycles. The van der Waals surface area contributed by atoms with E-state index in [1.807, 2.05) is 13.8 Å². The van der Waals surface area contributed by atoms with Crippen LogP contribution in [0.25, 0.3) is 0 Å². The molecule has 2 rings (SSSR count). The highest BCUT2D eigenvalue weighted by molar-refractivity contribution is 6.36. The molecule has 2 unspecified atom stereocenters. The van der Waals surface area contributed by atoms with Gasteiger partial charge in [-0.2, -0.15) is 0 Å². The fourth-order valence-corrected chi connectivity index (χ4v) is 2.97. The predicted molar refractivity (Wildman–Crippen MR) is 91.8 cm³/mol. The second-order valence-corrected chi connectivity index (χ2v) is 6.73. The number of carbonyl (C=O) groups excluding carboxylic acids is 2. The molecular weight excluding hydrogens is 337 g/mol. The number of carbonyl (C=O) groups is 2. The van der Waals surface area contributed by atoms with Crippen molar-refractivity contribution in [3.63, 3.8) is 0 Å². The highest BCUT2D eigenvalue weighted by atomic mass is 35.5. The van der Waals surface area contributed by atoms with Crippen LogP contribution in [0.15, 0.2) is 18.2 Å². The first-order valence-electron chi connectivity index (χ1n) is 7.60. The molecule has 126 valence electrons. The minimum atomic E-state index is -0.219. The fraction of sp³-hybridized carbons (Fsp3) is 0.500. The highest BCUT2D eigenvalue weighted by Crippen LogP contribution is 2.23. The number of nitrogens with two attached hydrogens (primary N) is 1. The summed E-state index contributed by atoms with van der Waals surface area (Å²) in [6, 6.07) is 4.64. The second kappa shape index (κ2) is 7.51. The van der Waals surface area contributed by atoms with Gasteiger partial charge in [0.05, 0.1) is 16.5 Å². The molecule has 2 atom stereocenters. The second-order valence-electron chi connectivity index (χ2n) is 5.89. The van der Waals surface area contributed by atoms with Gasteiger partial charge in [0.15, 0.2) is 0 Å². The molecule has 1 aliphatic heterocycles. The van der Waals surface area contributed by atoms with Crippen molar-refractivity contribution in [2.45, 2.75) is 19.9 Å². The van der Waals surface area contributed by atoms with Gasteiger partial charge >= 0.3 is 0 Å². The third-order valence-electron chi connectivity index (χ3n) is 4.22. The maximum atomic E-state index is 12.5. The van der Waals surface area contributed by atoms with Gasteiger partial charge in [-0.3, -0.25) is 9.59 Å². The molecule has 2 amide bonds. The molecule has 0 spiro atoms. The van der Waals surface area contributed by atoms with E-state index < -0.39 is 0 Å². The number of hydrogen-bond donors (Lipinski definition) is 1. The lowest BCUT2D eigenvalue weighted by molar-refractivity contribution is -0.137. The molecule has 1 fully saturated rings. The predicted octanol–water partition coefficient (Wildman–Crippen LogP) is 2.26. The Morgan fingerprint density at radius 3 is 2.17 bits per heavy atom. The standard InChI is InChI=1S/C16H21Cl2N3O2/c1-10(11(2)19)15(22)20-5-7-21(8-6-20)16(23)13-4-3-12(17)9-14(13)18/h3-4,9-11H,5-8,19H2,1-2H3. The highest BCUT2D eigenvalue weighted by Gasteiger charge is 2.29. The van der Waals surface area contributed by atoms with Crippen LogP contribution in [0.3, 0.4) is 0 Å². The Morgan fingerprint density at radius 1 is 1.09 bits per heavy atom. The van der Waals surface area contributed by atoms with Gasteiger partial charge in [-0.1, -0.05) is 30.1 Å². The van der Waals surface area contributed by atoms with E-state index >= 15 is 0 Å². The number of halogens is 2. The van der Waals surface area contributed by atoms with Crippen LogP contribution in [-0.2, 0) is 4.79 Å². The SMILES string of the molecule is CC(N)C(C)C(=O)N1CCN(C(=O)c2ccc(Cl)cc2Cl)CC1. The van der Waals surface area contributed by atoms with Crippen molar-refractivity contribution in [1.29, 1.82) is 0 Å². The molecule has 1 aliphatic rings. The Hall–Kier alpha value is -1.30. The van der Waals surface area contributed by atoms with Gasteiger partial charge in [0, 0.05) is 37.2 Å². The third-order valence-corrected chi connectivity index (χ3v) is 4.77. The van der Waals surface area contributed by atoms with Crippen molar-refractivity contribution in [2.75, 3.05) is 26.2 Å². The normalized spacial score (nSPS) is 17.8. The van der Waals surface area contributed by atoms with E-state index in [1.165, 1.54) is 0 Å². The van der Waals surface area contributed by atoms with Crippen LogP contribution >= 0.6 is 23.2 Å². The first kappa shape index (κ1) is 18.0. The van der Waals surface area contributed by atoms with E-state index in [0.717, 1.165) is 0 Å². The summed E-state index contributed by atoms with van der Waals surface area (Å²) in [5.41, 5.74) is 6.22. The lowest BCUT2D eigenvalue weighted by Gasteiger charge is -2.36. The van der Waals surface area contributed by atoms with E-state index in [1.54, 1.807) is 28.0 Å². The summed E-state index contributed by atoms with van der Waals surface area (Å²) >= 11 is 11.9. The molecule has 7 heteroatoms. The van der Waals surface area contributed by atoms with Gasteiger partial charge in [-0.25, -0.2) is 0 Å². The zero-order valence-corrected chi connectivity index (χ0v) is 14.8. The summed E-state index contributed by atoms with van der Waals surface area (Å²) in [6.45, 7) is 5.63. The lowest BCUT2D eigenvalue weighted by Crippen LogP contribution is -2.53. The Bertz CT molecular complexity index is 599. The summed E-state index contributed by atoms with van der Waals surface area (Å²) in [6.07, 6.45) is 0. The smallest absolute Gasteiger partial charge is 0.255 e. The van der Waals surface area contributed by atoms with E-state index in [9.17, 15) is 9.59 Å². The average molecular weight is 358 g/mol. The molecule has 0 radical (unpaired) electrons. The summed E-state index contributed by atoms with van der Waals surface area (Å²) in [4.78, 5) is 28.3. The minimum absolute atomic E-state index is 0.0385. The van der Waals surface area contributed by atoms with Gasteiger partial charge in [-0.05, 0) is 25.1 Å². The Morgan fingerprint density at radius 2 is 1.65 bits per heavy atom. The Labute approximate surface area is 146 Å². The average Bonchev–Trinajstić information content (AvgIpc) is 2.53. The maximum absolute atomic E-state index is 12.5. The summed E-state index contributed by atoms with van der Waals surface area (Å²) in [7, 11) is 0. The number of nitrogens with zero attached hydrogens (tertiary/aromatic N) is 2. The number of amides is 2. The zero-order valence-electron chi connectivity index (χ0n) is 13.3. The number of piperazine rings is 1. The van der Waals surface area contributed by atoms with E-state index in [0.29, 0.717) is 41.8 Å². The van der Waals surface area contributed by atoms with Crippen LogP contribution < -0.4 is 5.73 Å². The first-order chi connectivity index (χ1) is 10.8. The number of rotatable bonds is 3. The molecule has 1 saturated heterocycles. The molecule has 1 aromatic rings. The molecule has 1 heterocycles. The minimum Gasteiger partial charge on any atom is -0.339 e. The topological polar surface area (TPSA) is 66.6 Å². The fourth-order valence-electron chi connectivity index (χ4n) is 2.48. The number of benzene rings is 1. The van der Waals surface area contributed by atoms with Crippen LogP contribution in [-0.4, -0.2) is 53.8 Å². The first-order valence-corrected chi connectivity index (χ1v) is 8.35. The quantitative estimate of drug-likeness (QED) is 0.901. The lowest BCUT2D eigenvalue weighted by atomic mass is 10.0. The van der Waals surface area contributed by atoms with Crippen LogP contribution in [0.2, 0.25) is 10.0 Å². The van der Waals surface area contributed by atoms with E-state index in [4.69, 9.17) is 28.9 Å². The molecule has 0 bridgehead atoms. The summed E-state index contributed by atoms with van der Waals surface area (Å²) in [5, 5.41) is 0.832. The number of hydrogen-bond acceptors (Lipinski definition) is 3. The van der Waals surface area contributed by atoms with Crippen molar-refractivity contribution >= 4 is 35.0 Å². The van der Waals surface area contributed by atoms with Gasteiger partial charge in [-0.15, -0.1) is 0 Å². The van der Waals surface area contributed by atoms with Crippen molar-refractivity contribution in [2.24, 2.45) is 11.7 Å². The van der Waals surface area contributed by atoms with Crippen molar-refractivity contribution in [3.05, 3.63) is 33.8 Å². The van der Waals surface area contributed by atoms with E-state index in [2.05, 4.69) is 0 Å². The van der Waals surface area contributed by atoms with Gasteiger partial charge in [0.25, 0.3) is 5.91 Å². The van der Waals surface area contributed by atoms with Crippen molar-refractivity contribution in [1.82, 2.24) is 9.80 Å². The van der Waals surface area contributed by atoms with Gasteiger partial charge in [0.1, 0.15) is 0 Å². The molecule has 1 aromatic carbocycles. The Kier molecular flexibility index (Phi) is 5.89. The maximum Gasteiger partial charge on any atom is 0.255 e. The molecule has 0 saturated carbocycles. The largest absolute Gasteiger partial charge is 0.339 e. The molecule has 5 nitrogen and oxygen atoms in total. The van der Waals surface area contributed by atoms with Crippen LogP contribution in [0.4, 0.5) is 0 Å². The monoisotopic (exact) mass is 357 g/mol. The molecule has 0 aromatic heterocycles. The zero-order chi connectivity index (χ0) is 17.1. The molecular formula is C16H21Cl2N3O2. The van der Waals surface area contributed by atoms with Gasteiger partial charge < -0.3 is 15.5 Å². The Balaban J connectivity index is 1.99.